The first-order valence-electron chi connectivity index (χ1n) is 2.60. The summed E-state index contributed by atoms with van der Waals surface area (Å²) in [5.74, 6) is 0. The lowest BCUT2D eigenvalue weighted by atomic mass is 10.2. The second-order valence-electron chi connectivity index (χ2n) is 1.76. The van der Waals surface area contributed by atoms with Gasteiger partial charge in [0.2, 0.25) is 5.56 Å². The molecule has 1 saturated heterocycles. The summed E-state index contributed by atoms with van der Waals surface area (Å²) in [5.41, 5.74) is 0.456. The number of rotatable bonds is 0. The monoisotopic (exact) mass is 153 g/mol. The highest BCUT2D eigenvalue weighted by Gasteiger charge is 2.22. The van der Waals surface area contributed by atoms with E-state index in [-0.39, 0.29) is 5.38 Å². The first kappa shape index (κ1) is 6.66. The molecule has 8 heavy (non-hydrogen) atoms. The molecule has 3 heteroatoms. The summed E-state index contributed by atoms with van der Waals surface area (Å²) in [7, 11) is 0. The van der Waals surface area contributed by atoms with Crippen LogP contribution < -0.4 is 0 Å². The molecular weight excluding hydrogens is 147 g/mol. The fourth-order valence-corrected chi connectivity index (χ4v) is 1.04. The molecule has 0 aromatic rings. The van der Waals surface area contributed by atoms with Gasteiger partial charge in [-0.3, -0.25) is 0 Å². The van der Waals surface area contributed by atoms with Gasteiger partial charge in [0.1, 0.15) is 0 Å². The highest BCUT2D eigenvalue weighted by atomic mass is 35.5. The zero-order chi connectivity index (χ0) is 5.98. The lowest BCUT2D eigenvalue weighted by Crippen LogP contribution is -2.17. The predicted molar refractivity (Wildman–Crippen MR) is 33.9 cm³/mol. The Kier molecular flexibility index (Phi) is 2.42. The van der Waals surface area contributed by atoms with Crippen LogP contribution in [0.25, 0.3) is 0 Å². The first-order chi connectivity index (χ1) is 3.80. The van der Waals surface area contributed by atoms with Crippen LogP contribution >= 0.6 is 23.2 Å². The van der Waals surface area contributed by atoms with E-state index in [2.05, 4.69) is 0 Å². The van der Waals surface area contributed by atoms with Crippen molar-refractivity contribution in [3.05, 3.63) is 5.56 Å². The topological polar surface area (TPSA) is 9.23 Å². The van der Waals surface area contributed by atoms with Gasteiger partial charge < -0.3 is 4.74 Å². The van der Waals surface area contributed by atoms with Crippen LogP contribution in [-0.4, -0.2) is 12.0 Å². The van der Waals surface area contributed by atoms with Crippen LogP contribution in [0.1, 0.15) is 12.8 Å². The Labute approximate surface area is 58.9 Å². The fraction of sp³-hybridized carbons (Fsp3) is 0.800. The summed E-state index contributed by atoms with van der Waals surface area (Å²) in [6.45, 7) is 0.724. The fourth-order valence-electron chi connectivity index (χ4n) is 0.636. The van der Waals surface area contributed by atoms with Crippen LogP contribution in [-0.2, 0) is 4.74 Å². The van der Waals surface area contributed by atoms with Gasteiger partial charge in [-0.25, -0.2) is 0 Å². The van der Waals surface area contributed by atoms with Gasteiger partial charge in [-0.1, -0.05) is 11.6 Å². The molecule has 0 aliphatic carbocycles. The van der Waals surface area contributed by atoms with E-state index in [0.717, 1.165) is 19.4 Å². The average Bonchev–Trinajstić information content (AvgIpc) is 1.77. The minimum atomic E-state index is -0.0644. The maximum absolute atomic E-state index is 5.67. The summed E-state index contributed by atoms with van der Waals surface area (Å²) in [4.78, 5) is 0. The van der Waals surface area contributed by atoms with Gasteiger partial charge in [-0.05, 0) is 12.8 Å². The van der Waals surface area contributed by atoms with Crippen LogP contribution in [0, 0.1) is 5.56 Å². The smallest absolute Gasteiger partial charge is 0.202 e. The Bertz CT molecular complexity index is 66.8. The van der Waals surface area contributed by atoms with Crippen molar-refractivity contribution in [1.29, 1.82) is 0 Å². The maximum Gasteiger partial charge on any atom is 0.202 e. The van der Waals surface area contributed by atoms with Gasteiger partial charge in [0.15, 0.2) is 0 Å². The molecule has 1 nitrogen and oxygen atoms in total. The molecule has 1 heterocycles. The van der Waals surface area contributed by atoms with E-state index in [1.165, 1.54) is 0 Å². The third-order valence-electron chi connectivity index (χ3n) is 1.09. The third-order valence-corrected chi connectivity index (χ3v) is 1.99. The molecular formula is C5H7Cl2O. The molecule has 1 aliphatic heterocycles. The number of hydrogen-bond donors (Lipinski definition) is 0. The number of ether oxygens (including phenoxy) is 1. The van der Waals surface area contributed by atoms with E-state index < -0.39 is 0 Å². The predicted octanol–water partition coefficient (Wildman–Crippen LogP) is 2.13. The highest BCUT2D eigenvalue weighted by Crippen LogP contribution is 2.27. The lowest BCUT2D eigenvalue weighted by Gasteiger charge is -2.20. The Morgan fingerprint density at radius 2 is 2.38 bits per heavy atom. The van der Waals surface area contributed by atoms with Crippen LogP contribution in [0.5, 0.6) is 0 Å². The summed E-state index contributed by atoms with van der Waals surface area (Å²) in [6, 6.07) is 0. The van der Waals surface area contributed by atoms with Crippen molar-refractivity contribution >= 4 is 23.2 Å². The van der Waals surface area contributed by atoms with Crippen molar-refractivity contribution in [3.63, 3.8) is 0 Å². The van der Waals surface area contributed by atoms with Gasteiger partial charge in [0.25, 0.3) is 0 Å². The average molecular weight is 154 g/mol. The molecule has 1 rings (SSSR count). The van der Waals surface area contributed by atoms with Gasteiger partial charge in [0, 0.05) is 6.61 Å². The zero-order valence-electron chi connectivity index (χ0n) is 4.36. The van der Waals surface area contributed by atoms with Gasteiger partial charge >= 0.3 is 0 Å². The summed E-state index contributed by atoms with van der Waals surface area (Å²) >= 11 is 11.2. The third kappa shape index (κ3) is 1.51. The molecule has 47 valence electrons. The van der Waals surface area contributed by atoms with Gasteiger partial charge in [0.05, 0.1) is 5.38 Å². The van der Waals surface area contributed by atoms with Crippen molar-refractivity contribution in [2.45, 2.75) is 18.2 Å². The lowest BCUT2D eigenvalue weighted by molar-refractivity contribution is 0.139. The van der Waals surface area contributed by atoms with E-state index in [0.29, 0.717) is 5.56 Å². The highest BCUT2D eigenvalue weighted by molar-refractivity contribution is 6.34. The SMILES string of the molecule is Cl[C]1OCCCC1Cl. The van der Waals surface area contributed by atoms with Crippen LogP contribution in [0.15, 0.2) is 0 Å². The molecule has 0 bridgehead atoms. The van der Waals surface area contributed by atoms with E-state index in [1.807, 2.05) is 0 Å². The second kappa shape index (κ2) is 2.90. The van der Waals surface area contributed by atoms with E-state index in [4.69, 9.17) is 27.9 Å². The molecule has 1 radical (unpaired) electrons. The van der Waals surface area contributed by atoms with E-state index in [9.17, 15) is 0 Å². The van der Waals surface area contributed by atoms with Crippen molar-refractivity contribution in [3.8, 4) is 0 Å². The quantitative estimate of drug-likeness (QED) is 0.485. The summed E-state index contributed by atoms with van der Waals surface area (Å²) < 4.78 is 4.94. The van der Waals surface area contributed by atoms with Crippen molar-refractivity contribution < 1.29 is 4.74 Å². The molecule has 1 unspecified atom stereocenters. The standard InChI is InChI=1S/C5H7Cl2O/c6-4-2-1-3-8-5(4)7/h4H,1-3H2. The van der Waals surface area contributed by atoms with Crippen molar-refractivity contribution in [2.75, 3.05) is 6.61 Å². The summed E-state index contributed by atoms with van der Waals surface area (Å²) in [6.07, 6.45) is 1.96. The minimum Gasteiger partial charge on any atom is -0.354 e. The molecule has 1 atom stereocenters. The van der Waals surface area contributed by atoms with Crippen LogP contribution in [0.2, 0.25) is 0 Å². The van der Waals surface area contributed by atoms with Gasteiger partial charge in [-0.15, -0.1) is 11.6 Å². The summed E-state index contributed by atoms with van der Waals surface area (Å²) in [5, 5.41) is -0.0644. The molecule has 1 aliphatic rings. The zero-order valence-corrected chi connectivity index (χ0v) is 5.87. The largest absolute Gasteiger partial charge is 0.354 e. The molecule has 0 aromatic heterocycles. The Balaban J connectivity index is 2.28. The molecule has 0 amide bonds. The first-order valence-corrected chi connectivity index (χ1v) is 3.41. The normalized spacial score (nSPS) is 33.0. The Morgan fingerprint density at radius 3 is 2.75 bits per heavy atom. The number of halogens is 2. The molecule has 0 spiro atoms. The Morgan fingerprint density at radius 1 is 1.62 bits per heavy atom. The minimum absolute atomic E-state index is 0.0644. The maximum atomic E-state index is 5.67. The van der Waals surface area contributed by atoms with Gasteiger partial charge in [-0.2, -0.15) is 0 Å². The number of hydrogen-bond acceptors (Lipinski definition) is 1. The number of alkyl halides is 1. The molecule has 1 fully saturated rings. The Hall–Kier alpha value is 0.540. The molecule has 0 N–H and O–H groups in total. The van der Waals surface area contributed by atoms with E-state index in [1.54, 1.807) is 0 Å². The molecule has 0 aromatic carbocycles. The van der Waals surface area contributed by atoms with Crippen LogP contribution in [0.3, 0.4) is 0 Å². The van der Waals surface area contributed by atoms with Crippen LogP contribution in [0.4, 0.5) is 0 Å². The molecule has 0 saturated carbocycles. The van der Waals surface area contributed by atoms with E-state index >= 15 is 0 Å². The second-order valence-corrected chi connectivity index (χ2v) is 2.66. The van der Waals surface area contributed by atoms with Crippen molar-refractivity contribution in [2.24, 2.45) is 0 Å². The van der Waals surface area contributed by atoms with Crippen molar-refractivity contribution in [1.82, 2.24) is 0 Å².